The molecule has 0 unspecified atom stereocenters. The molecule has 3 saturated carbocycles. The second kappa shape index (κ2) is 16.2. The summed E-state index contributed by atoms with van der Waals surface area (Å²) in [6, 6.07) is 21.4. The third-order valence-electron chi connectivity index (χ3n) is 12.7. The molecule has 1 heterocycles. The van der Waals surface area contributed by atoms with Crippen molar-refractivity contribution in [2.45, 2.75) is 77.7 Å². The van der Waals surface area contributed by atoms with Gasteiger partial charge in [-0.15, -0.1) is 0 Å². The predicted octanol–water partition coefficient (Wildman–Crippen LogP) is 5.29. The summed E-state index contributed by atoms with van der Waals surface area (Å²) >= 11 is 0. The first-order valence-electron chi connectivity index (χ1n) is 19.2. The SMILES string of the molecule is CNC(=O)c1cc(-c2cccc(CN3O[C@@H](CO)[C@@H]([C@H](C)NCCc4ccccc4)[C@H]3C(=O)N[C@H]3C[C@H]4C[C@@H]([C@@H]3C)C4(C)C)c2OC)cc(N(C)C)c1. The smallest absolute Gasteiger partial charge is 0.251 e. The number of aliphatic hydroxyl groups excluding tert-OH is 1. The minimum Gasteiger partial charge on any atom is -0.496 e. The molecule has 3 aromatic carbocycles. The van der Waals surface area contributed by atoms with Crippen LogP contribution >= 0.6 is 0 Å². The van der Waals surface area contributed by atoms with Crippen LogP contribution in [-0.4, -0.2) is 87.6 Å². The van der Waals surface area contributed by atoms with Crippen LogP contribution in [0.5, 0.6) is 5.75 Å². The van der Waals surface area contributed by atoms with Crippen molar-refractivity contribution in [2.75, 3.05) is 46.3 Å². The molecule has 1 aliphatic heterocycles. The zero-order chi connectivity index (χ0) is 38.0. The van der Waals surface area contributed by atoms with E-state index in [2.05, 4.69) is 55.8 Å². The van der Waals surface area contributed by atoms with Gasteiger partial charge in [-0.05, 0) is 85.2 Å². The van der Waals surface area contributed by atoms with Crippen molar-refractivity contribution >= 4 is 17.5 Å². The van der Waals surface area contributed by atoms with Gasteiger partial charge in [0.1, 0.15) is 17.9 Å². The Labute approximate surface area is 315 Å². The van der Waals surface area contributed by atoms with E-state index in [-0.39, 0.29) is 43.0 Å². The molecule has 53 heavy (non-hydrogen) atoms. The van der Waals surface area contributed by atoms with Crippen molar-refractivity contribution < 1.29 is 24.3 Å². The minimum atomic E-state index is -0.657. The molecule has 4 fully saturated rings. The average molecular weight is 726 g/mol. The molecule has 2 bridgehead atoms. The maximum atomic E-state index is 14.7. The molecule has 4 N–H and O–H groups in total. The van der Waals surface area contributed by atoms with E-state index in [0.717, 1.165) is 41.8 Å². The molecule has 8 atom stereocenters. The van der Waals surface area contributed by atoms with Crippen molar-refractivity contribution in [3.8, 4) is 16.9 Å². The molecule has 1 saturated heterocycles. The number of ether oxygens (including phenoxy) is 1. The number of rotatable bonds is 14. The van der Waals surface area contributed by atoms with Gasteiger partial charge in [-0.3, -0.25) is 14.4 Å². The number of amides is 2. The number of benzene rings is 3. The van der Waals surface area contributed by atoms with Crippen molar-refractivity contribution in [3.05, 3.63) is 83.4 Å². The Morgan fingerprint density at radius 3 is 2.47 bits per heavy atom. The third kappa shape index (κ3) is 7.83. The van der Waals surface area contributed by atoms with Crippen molar-refractivity contribution in [1.82, 2.24) is 21.0 Å². The number of anilines is 1. The predicted molar refractivity (Wildman–Crippen MR) is 210 cm³/mol. The van der Waals surface area contributed by atoms with Crippen LogP contribution in [0.3, 0.4) is 0 Å². The molecular formula is C43H59N5O5. The lowest BCUT2D eigenvalue weighted by atomic mass is 9.45. The van der Waals surface area contributed by atoms with Crippen molar-refractivity contribution in [1.29, 1.82) is 0 Å². The van der Waals surface area contributed by atoms with Gasteiger partial charge in [-0.2, -0.15) is 5.06 Å². The first kappa shape index (κ1) is 38.8. The summed E-state index contributed by atoms with van der Waals surface area (Å²) < 4.78 is 6.10. The topological polar surface area (TPSA) is 115 Å². The number of nitrogens with zero attached hydrogens (tertiary/aromatic N) is 2. The fraction of sp³-hybridized carbons (Fsp3) is 0.535. The average Bonchev–Trinajstić information content (AvgIpc) is 3.53. The van der Waals surface area contributed by atoms with Gasteiger partial charge in [0.2, 0.25) is 5.91 Å². The third-order valence-corrected chi connectivity index (χ3v) is 12.7. The van der Waals surface area contributed by atoms with Crippen LogP contribution in [0, 0.1) is 29.1 Å². The van der Waals surface area contributed by atoms with Crippen LogP contribution in [0.15, 0.2) is 66.7 Å². The molecule has 286 valence electrons. The summed E-state index contributed by atoms with van der Waals surface area (Å²) in [5, 5.41) is 22.4. The number of carbonyl (C=O) groups excluding carboxylic acids is 2. The van der Waals surface area contributed by atoms with Crippen molar-refractivity contribution in [3.63, 3.8) is 0 Å². The van der Waals surface area contributed by atoms with Gasteiger partial charge in [-0.25, -0.2) is 0 Å². The van der Waals surface area contributed by atoms with Gasteiger partial charge in [0.05, 0.1) is 20.3 Å². The summed E-state index contributed by atoms with van der Waals surface area (Å²) in [5.74, 6) is 1.64. The number of methoxy groups -OCH3 is 1. The quantitative estimate of drug-likeness (QED) is 0.178. The number of hydrogen-bond donors (Lipinski definition) is 4. The largest absolute Gasteiger partial charge is 0.496 e. The van der Waals surface area contributed by atoms with Gasteiger partial charge < -0.3 is 30.7 Å². The molecule has 0 radical (unpaired) electrons. The number of para-hydroxylation sites is 1. The Hall–Kier alpha value is -3.96. The number of fused-ring (bicyclic) bond motifs is 2. The van der Waals surface area contributed by atoms with Crippen LogP contribution in [0.1, 0.15) is 62.0 Å². The van der Waals surface area contributed by atoms with Crippen molar-refractivity contribution in [2.24, 2.45) is 29.1 Å². The highest BCUT2D eigenvalue weighted by atomic mass is 16.7. The Kier molecular flexibility index (Phi) is 11.8. The van der Waals surface area contributed by atoms with Crippen LogP contribution in [0.4, 0.5) is 5.69 Å². The summed E-state index contributed by atoms with van der Waals surface area (Å²) in [6.07, 6.45) is 2.47. The zero-order valence-electron chi connectivity index (χ0n) is 32.7. The zero-order valence-corrected chi connectivity index (χ0v) is 32.7. The summed E-state index contributed by atoms with van der Waals surface area (Å²) in [7, 11) is 7.15. The van der Waals surface area contributed by atoms with E-state index < -0.39 is 12.1 Å². The molecule has 10 heteroatoms. The molecule has 10 nitrogen and oxygen atoms in total. The normalized spacial score (nSPS) is 26.7. The van der Waals surface area contributed by atoms with E-state index in [1.54, 1.807) is 19.2 Å². The summed E-state index contributed by atoms with van der Waals surface area (Å²) in [4.78, 5) is 36.0. The lowest BCUT2D eigenvalue weighted by Gasteiger charge is -2.62. The van der Waals surface area contributed by atoms with Gasteiger partial charge in [0, 0.05) is 61.5 Å². The maximum Gasteiger partial charge on any atom is 0.251 e. The van der Waals surface area contributed by atoms with E-state index in [0.29, 0.717) is 34.5 Å². The van der Waals surface area contributed by atoms with Crippen LogP contribution in [0.25, 0.3) is 11.1 Å². The lowest BCUT2D eigenvalue weighted by molar-refractivity contribution is -0.183. The summed E-state index contributed by atoms with van der Waals surface area (Å²) in [6.45, 7) is 9.89. The number of hydroxylamine groups is 2. The molecular weight excluding hydrogens is 667 g/mol. The first-order valence-corrected chi connectivity index (χ1v) is 19.2. The maximum absolute atomic E-state index is 14.7. The van der Waals surface area contributed by atoms with Gasteiger partial charge in [-0.1, -0.05) is 69.3 Å². The fourth-order valence-electron chi connectivity index (χ4n) is 9.38. The number of hydrogen-bond acceptors (Lipinski definition) is 8. The molecule has 0 spiro atoms. The summed E-state index contributed by atoms with van der Waals surface area (Å²) in [5.41, 5.74) is 5.45. The molecule has 4 aliphatic rings. The monoisotopic (exact) mass is 725 g/mol. The first-order chi connectivity index (χ1) is 25.4. The number of nitrogens with one attached hydrogen (secondary N) is 3. The van der Waals surface area contributed by atoms with E-state index in [1.807, 2.05) is 73.6 Å². The van der Waals surface area contributed by atoms with E-state index in [1.165, 1.54) is 12.0 Å². The van der Waals surface area contributed by atoms with E-state index >= 15 is 0 Å². The van der Waals surface area contributed by atoms with Gasteiger partial charge in [0.25, 0.3) is 5.91 Å². The Bertz CT molecular complexity index is 1750. The second-order valence-electron chi connectivity index (χ2n) is 16.2. The fourth-order valence-corrected chi connectivity index (χ4v) is 9.38. The Morgan fingerprint density at radius 2 is 1.83 bits per heavy atom. The van der Waals surface area contributed by atoms with Gasteiger partial charge in [0.15, 0.2) is 0 Å². The highest BCUT2D eigenvalue weighted by Crippen LogP contribution is 2.61. The second-order valence-corrected chi connectivity index (χ2v) is 16.2. The highest BCUT2D eigenvalue weighted by molar-refractivity contribution is 5.97. The molecule has 3 aromatic rings. The van der Waals surface area contributed by atoms with E-state index in [4.69, 9.17) is 9.57 Å². The minimum absolute atomic E-state index is 0.0670. The number of aliphatic hydroxyl groups is 1. The van der Waals surface area contributed by atoms with Gasteiger partial charge >= 0.3 is 0 Å². The standard InChI is InChI=1S/C43H59N5O5/c1-26-35-22-32(43(35,3)4)23-36(26)46-42(51)39-38(27(2)45-18-17-28-13-10-9-11-14-28)37(25-49)53-48(39)24-29-15-12-16-34(40(29)52-8)30-19-31(41(50)44-5)21-33(20-30)47(6)7/h9-16,19-21,26-27,32,35-39,45,49H,17-18,22-25H2,1-8H3,(H,44,50)(H,46,51)/t26-,27-,32+,35-,36-,37-,38+,39-/m0/s1. The van der Waals surface area contributed by atoms with Crippen LogP contribution in [-0.2, 0) is 22.6 Å². The molecule has 0 aromatic heterocycles. The lowest BCUT2D eigenvalue weighted by Crippen LogP contribution is -2.62. The molecule has 7 rings (SSSR count). The van der Waals surface area contributed by atoms with Crippen LogP contribution < -0.4 is 25.6 Å². The van der Waals surface area contributed by atoms with E-state index in [9.17, 15) is 14.7 Å². The number of carbonyl (C=O) groups is 2. The Balaban J connectivity index is 1.31. The molecule has 3 aliphatic carbocycles. The highest BCUT2D eigenvalue weighted by Gasteiger charge is 2.57. The molecule has 2 amide bonds. The van der Waals surface area contributed by atoms with Crippen LogP contribution in [0.2, 0.25) is 0 Å². The Morgan fingerprint density at radius 1 is 1.08 bits per heavy atom.